The van der Waals surface area contributed by atoms with Crippen molar-refractivity contribution in [3.63, 3.8) is 0 Å². The Balaban J connectivity index is 3.03. The summed E-state index contributed by atoms with van der Waals surface area (Å²) >= 11 is 6.52. The lowest BCUT2D eigenvalue weighted by molar-refractivity contribution is 0.0989. The van der Waals surface area contributed by atoms with Crippen molar-refractivity contribution in [2.24, 2.45) is 0 Å². The number of hydrogen-bond donors (Lipinski definition) is 1. The van der Waals surface area contributed by atoms with Crippen molar-refractivity contribution in [2.75, 3.05) is 5.33 Å². The van der Waals surface area contributed by atoms with Crippen LogP contribution in [-0.4, -0.2) is 16.2 Å². The van der Waals surface area contributed by atoms with Crippen LogP contribution in [0.2, 0.25) is 0 Å². The average Bonchev–Trinajstić information content (AvgIpc) is 2.18. The molecule has 0 aliphatic rings. The molecule has 2 nitrogen and oxygen atoms in total. The van der Waals surface area contributed by atoms with Crippen LogP contribution < -0.4 is 0 Å². The van der Waals surface area contributed by atoms with Gasteiger partial charge in [0.05, 0.1) is 0 Å². The van der Waals surface area contributed by atoms with E-state index in [0.717, 1.165) is 5.56 Å². The van der Waals surface area contributed by atoms with Crippen LogP contribution >= 0.6 is 31.9 Å². The van der Waals surface area contributed by atoms with Crippen molar-refractivity contribution >= 4 is 37.6 Å². The largest absolute Gasteiger partial charge is 0.508 e. The highest BCUT2D eigenvalue weighted by Crippen LogP contribution is 2.20. The van der Waals surface area contributed by atoms with Gasteiger partial charge >= 0.3 is 0 Å². The number of halogens is 2. The zero-order valence-electron chi connectivity index (χ0n) is 7.46. The van der Waals surface area contributed by atoms with Crippen LogP contribution in [0.1, 0.15) is 22.3 Å². The highest BCUT2D eigenvalue weighted by molar-refractivity contribution is 9.09. The Labute approximate surface area is 99.6 Å². The van der Waals surface area contributed by atoms with E-state index in [1.165, 1.54) is 6.07 Å². The highest BCUT2D eigenvalue weighted by atomic mass is 79.9. The van der Waals surface area contributed by atoms with E-state index in [9.17, 15) is 9.90 Å². The van der Waals surface area contributed by atoms with Crippen LogP contribution in [0, 0.1) is 0 Å². The Bertz CT molecular complexity index is 337. The van der Waals surface area contributed by atoms with Crippen molar-refractivity contribution in [3.05, 3.63) is 29.3 Å². The topological polar surface area (TPSA) is 37.3 Å². The normalized spacial score (nSPS) is 10.1. The third kappa shape index (κ3) is 2.82. The molecule has 0 bridgehead atoms. The number of benzene rings is 1. The Morgan fingerprint density at radius 3 is 2.64 bits per heavy atom. The predicted molar refractivity (Wildman–Crippen MR) is 63.5 cm³/mol. The number of rotatable bonds is 4. The maximum Gasteiger partial charge on any atom is 0.164 e. The van der Waals surface area contributed by atoms with Gasteiger partial charge in [0.2, 0.25) is 0 Å². The zero-order valence-corrected chi connectivity index (χ0v) is 10.6. The van der Waals surface area contributed by atoms with Crippen LogP contribution in [-0.2, 0) is 5.33 Å². The minimum atomic E-state index is 0.0484. The average molecular weight is 322 g/mol. The first-order valence-electron chi connectivity index (χ1n) is 4.16. The van der Waals surface area contributed by atoms with Crippen LogP contribution in [0.5, 0.6) is 5.75 Å². The number of alkyl halides is 2. The lowest BCUT2D eigenvalue weighted by Crippen LogP contribution is -2.03. The van der Waals surface area contributed by atoms with Crippen LogP contribution in [0.4, 0.5) is 0 Å². The molecule has 1 aromatic rings. The molecule has 1 rings (SSSR count). The predicted octanol–water partition coefficient (Wildman–Crippen LogP) is 3.25. The van der Waals surface area contributed by atoms with Crippen LogP contribution in [0.3, 0.4) is 0 Å². The fraction of sp³-hybridized carbons (Fsp3) is 0.300. The van der Waals surface area contributed by atoms with Gasteiger partial charge in [0.25, 0.3) is 0 Å². The van der Waals surface area contributed by atoms with E-state index in [0.29, 0.717) is 22.6 Å². The molecule has 0 unspecified atom stereocenters. The van der Waals surface area contributed by atoms with Gasteiger partial charge in [-0.25, -0.2) is 0 Å². The second-order valence-electron chi connectivity index (χ2n) is 2.84. The minimum Gasteiger partial charge on any atom is -0.508 e. The van der Waals surface area contributed by atoms with Gasteiger partial charge in [-0.3, -0.25) is 4.79 Å². The summed E-state index contributed by atoms with van der Waals surface area (Å²) in [4.78, 5) is 11.6. The van der Waals surface area contributed by atoms with E-state index >= 15 is 0 Å². The zero-order chi connectivity index (χ0) is 10.6. The summed E-state index contributed by atoms with van der Waals surface area (Å²) in [6, 6.07) is 4.86. The summed E-state index contributed by atoms with van der Waals surface area (Å²) in [6.45, 7) is 0. The minimum absolute atomic E-state index is 0.0484. The van der Waals surface area contributed by atoms with Crippen molar-refractivity contribution in [1.82, 2.24) is 0 Å². The molecule has 0 saturated carbocycles. The van der Waals surface area contributed by atoms with E-state index in [1.807, 2.05) is 0 Å². The van der Waals surface area contributed by atoms with Gasteiger partial charge in [0.15, 0.2) is 5.78 Å². The lowest BCUT2D eigenvalue weighted by atomic mass is 10.0. The summed E-state index contributed by atoms with van der Waals surface area (Å²) in [6.07, 6.45) is 0.448. The van der Waals surface area contributed by atoms with E-state index in [2.05, 4.69) is 31.9 Å². The molecule has 4 heteroatoms. The summed E-state index contributed by atoms with van der Waals surface area (Å²) in [5.74, 6) is 0.180. The first-order valence-corrected chi connectivity index (χ1v) is 6.40. The smallest absolute Gasteiger partial charge is 0.164 e. The van der Waals surface area contributed by atoms with E-state index in [4.69, 9.17) is 0 Å². The van der Waals surface area contributed by atoms with Crippen molar-refractivity contribution in [2.45, 2.75) is 11.8 Å². The number of phenols is 1. The third-order valence-electron chi connectivity index (χ3n) is 1.86. The second kappa shape index (κ2) is 5.51. The van der Waals surface area contributed by atoms with Gasteiger partial charge in [-0.15, -0.1) is 0 Å². The van der Waals surface area contributed by atoms with E-state index in [-0.39, 0.29) is 11.5 Å². The van der Waals surface area contributed by atoms with Crippen molar-refractivity contribution < 1.29 is 9.90 Å². The van der Waals surface area contributed by atoms with Crippen LogP contribution in [0.25, 0.3) is 0 Å². The van der Waals surface area contributed by atoms with Crippen LogP contribution in [0.15, 0.2) is 18.2 Å². The molecular formula is C10H10Br2O2. The Morgan fingerprint density at radius 2 is 2.07 bits per heavy atom. The molecule has 0 radical (unpaired) electrons. The molecule has 0 amide bonds. The quantitative estimate of drug-likeness (QED) is 0.682. The molecule has 0 aromatic heterocycles. The molecule has 76 valence electrons. The fourth-order valence-electron chi connectivity index (χ4n) is 1.16. The number of Topliss-reactive ketones (excluding diaryl/α,β-unsaturated/α-hetero) is 1. The number of carbonyl (C=O) groups is 1. The molecule has 0 spiro atoms. The van der Waals surface area contributed by atoms with Crippen molar-refractivity contribution in [1.29, 1.82) is 0 Å². The molecule has 0 heterocycles. The monoisotopic (exact) mass is 320 g/mol. The molecular weight excluding hydrogens is 312 g/mol. The molecule has 0 aliphatic carbocycles. The van der Waals surface area contributed by atoms with Crippen molar-refractivity contribution in [3.8, 4) is 5.75 Å². The number of phenolic OH excluding ortho intramolecular Hbond substituents is 1. The molecule has 1 N–H and O–H groups in total. The SMILES string of the molecule is O=C(CCBr)c1cc(O)ccc1CBr. The first-order chi connectivity index (χ1) is 6.69. The number of carbonyl (C=O) groups excluding carboxylic acids is 1. The molecule has 0 fully saturated rings. The van der Waals surface area contributed by atoms with Gasteiger partial charge in [-0.1, -0.05) is 37.9 Å². The Hall–Kier alpha value is -0.350. The standard InChI is InChI=1S/C10H10Br2O2/c11-4-3-10(14)9-5-8(13)2-1-7(9)6-12/h1-2,5,13H,3-4,6H2. The molecule has 1 aromatic carbocycles. The first kappa shape index (κ1) is 11.7. The van der Waals surface area contributed by atoms with E-state index in [1.54, 1.807) is 12.1 Å². The summed E-state index contributed by atoms with van der Waals surface area (Å²) in [5, 5.41) is 10.5. The summed E-state index contributed by atoms with van der Waals surface area (Å²) < 4.78 is 0. The van der Waals surface area contributed by atoms with Gasteiger partial charge in [-0.05, 0) is 17.7 Å². The second-order valence-corrected chi connectivity index (χ2v) is 4.19. The van der Waals surface area contributed by atoms with E-state index < -0.39 is 0 Å². The third-order valence-corrected chi connectivity index (χ3v) is 2.86. The molecule has 0 atom stereocenters. The van der Waals surface area contributed by atoms with Gasteiger partial charge in [0.1, 0.15) is 5.75 Å². The Morgan fingerprint density at radius 1 is 1.36 bits per heavy atom. The Kier molecular flexibility index (Phi) is 4.62. The highest BCUT2D eigenvalue weighted by Gasteiger charge is 2.10. The fourth-order valence-corrected chi connectivity index (χ4v) is 2.01. The number of ketones is 1. The lowest BCUT2D eigenvalue weighted by Gasteiger charge is -2.05. The summed E-state index contributed by atoms with van der Waals surface area (Å²) in [7, 11) is 0. The maximum atomic E-state index is 11.6. The van der Waals surface area contributed by atoms with Gasteiger partial charge in [-0.2, -0.15) is 0 Å². The molecule has 0 aliphatic heterocycles. The molecule has 0 saturated heterocycles. The molecule has 14 heavy (non-hydrogen) atoms. The number of aromatic hydroxyl groups is 1. The summed E-state index contributed by atoms with van der Waals surface area (Å²) in [5.41, 5.74) is 1.51. The van der Waals surface area contributed by atoms with Gasteiger partial charge < -0.3 is 5.11 Å². The van der Waals surface area contributed by atoms with Gasteiger partial charge in [0, 0.05) is 22.6 Å². The number of hydrogen-bond acceptors (Lipinski definition) is 2. The maximum absolute atomic E-state index is 11.6.